The minimum atomic E-state index is -0.647. The number of nitro benzene ring substituents is 1. The quantitative estimate of drug-likeness (QED) is 0.478. The number of fused-ring (bicyclic) bond motifs is 1. The smallest absolute Gasteiger partial charge is 0.270 e. The molecule has 7 heteroatoms. The van der Waals surface area contributed by atoms with Crippen molar-refractivity contribution in [2.24, 2.45) is 0 Å². The van der Waals surface area contributed by atoms with Gasteiger partial charge in [0.1, 0.15) is 5.56 Å². The summed E-state index contributed by atoms with van der Waals surface area (Å²) in [5.74, 6) is -1.15. The van der Waals surface area contributed by atoms with Crippen LogP contribution >= 0.6 is 15.9 Å². The Kier molecular flexibility index (Phi) is 3.50. The Hall–Kier alpha value is -2.54. The minimum Gasteiger partial charge on any atom is -0.270 e. The van der Waals surface area contributed by atoms with Gasteiger partial charge in [0.15, 0.2) is 0 Å². The molecular formula is C15H9BrN2O4. The molecule has 2 aromatic carbocycles. The molecule has 1 aliphatic heterocycles. The van der Waals surface area contributed by atoms with Crippen molar-refractivity contribution in [3.8, 4) is 0 Å². The molecule has 0 N–H and O–H groups in total. The second-order valence-electron chi connectivity index (χ2n) is 4.74. The highest BCUT2D eigenvalue weighted by molar-refractivity contribution is 9.10. The van der Waals surface area contributed by atoms with Crippen LogP contribution in [0.1, 0.15) is 26.3 Å². The zero-order valence-corrected chi connectivity index (χ0v) is 12.7. The van der Waals surface area contributed by atoms with Crippen molar-refractivity contribution in [2.75, 3.05) is 0 Å². The number of benzene rings is 2. The second kappa shape index (κ2) is 5.34. The van der Waals surface area contributed by atoms with E-state index in [1.165, 1.54) is 18.2 Å². The topological polar surface area (TPSA) is 80.5 Å². The van der Waals surface area contributed by atoms with Gasteiger partial charge in [0, 0.05) is 10.5 Å². The monoisotopic (exact) mass is 360 g/mol. The molecule has 0 fully saturated rings. The molecule has 0 saturated heterocycles. The van der Waals surface area contributed by atoms with Crippen molar-refractivity contribution in [2.45, 2.75) is 6.54 Å². The van der Waals surface area contributed by atoms with E-state index in [0.717, 1.165) is 14.9 Å². The largest absolute Gasteiger partial charge is 0.282 e. The summed E-state index contributed by atoms with van der Waals surface area (Å²) in [6.45, 7) is 0.0604. The number of amides is 2. The summed E-state index contributed by atoms with van der Waals surface area (Å²) in [6.07, 6.45) is 0. The first-order valence-corrected chi connectivity index (χ1v) is 7.17. The van der Waals surface area contributed by atoms with Crippen molar-refractivity contribution in [1.82, 2.24) is 4.90 Å². The predicted octanol–water partition coefficient (Wildman–Crippen LogP) is 3.15. The molecule has 0 unspecified atom stereocenters. The van der Waals surface area contributed by atoms with Crippen LogP contribution in [0.25, 0.3) is 0 Å². The summed E-state index contributed by atoms with van der Waals surface area (Å²) in [5, 5.41) is 11.0. The lowest BCUT2D eigenvalue weighted by Gasteiger charge is -2.14. The second-order valence-corrected chi connectivity index (χ2v) is 5.60. The van der Waals surface area contributed by atoms with Crippen LogP contribution in [-0.4, -0.2) is 21.6 Å². The average Bonchev–Trinajstić information content (AvgIpc) is 2.74. The fraction of sp³-hybridized carbons (Fsp3) is 0.0667. The number of nitrogens with zero attached hydrogens (tertiary/aromatic N) is 2. The van der Waals surface area contributed by atoms with Crippen LogP contribution in [0.5, 0.6) is 0 Å². The molecule has 0 aliphatic carbocycles. The Morgan fingerprint density at radius 3 is 2.45 bits per heavy atom. The summed E-state index contributed by atoms with van der Waals surface area (Å²) in [4.78, 5) is 36.2. The molecular weight excluding hydrogens is 352 g/mol. The number of carbonyl (C=O) groups excluding carboxylic acids is 2. The third kappa shape index (κ3) is 2.19. The number of imide groups is 1. The van der Waals surface area contributed by atoms with Gasteiger partial charge >= 0.3 is 0 Å². The Balaban J connectivity index is 2.02. The third-order valence-electron chi connectivity index (χ3n) is 3.46. The van der Waals surface area contributed by atoms with Gasteiger partial charge in [0.25, 0.3) is 17.5 Å². The maximum absolute atomic E-state index is 12.4. The van der Waals surface area contributed by atoms with E-state index in [-0.39, 0.29) is 23.4 Å². The molecule has 0 bridgehead atoms. The Bertz CT molecular complexity index is 819. The van der Waals surface area contributed by atoms with E-state index in [1.807, 2.05) is 6.07 Å². The Morgan fingerprint density at radius 1 is 1.05 bits per heavy atom. The Labute approximate surface area is 133 Å². The molecule has 0 saturated carbocycles. The molecule has 22 heavy (non-hydrogen) atoms. The lowest BCUT2D eigenvalue weighted by Crippen LogP contribution is -2.29. The van der Waals surface area contributed by atoms with Gasteiger partial charge in [0.05, 0.1) is 17.0 Å². The molecule has 2 amide bonds. The van der Waals surface area contributed by atoms with E-state index in [2.05, 4.69) is 15.9 Å². The van der Waals surface area contributed by atoms with Crippen LogP contribution in [0.2, 0.25) is 0 Å². The summed E-state index contributed by atoms with van der Waals surface area (Å²) >= 11 is 3.36. The molecule has 3 rings (SSSR count). The van der Waals surface area contributed by atoms with E-state index in [4.69, 9.17) is 0 Å². The fourth-order valence-corrected chi connectivity index (χ4v) is 2.82. The van der Waals surface area contributed by atoms with Gasteiger partial charge in [-0.1, -0.05) is 40.2 Å². The minimum absolute atomic E-state index is 0.0604. The van der Waals surface area contributed by atoms with Crippen molar-refractivity contribution >= 4 is 33.4 Å². The molecule has 6 nitrogen and oxygen atoms in total. The normalized spacial score (nSPS) is 13.4. The van der Waals surface area contributed by atoms with Crippen molar-refractivity contribution in [3.05, 3.63) is 73.7 Å². The molecule has 0 aromatic heterocycles. The van der Waals surface area contributed by atoms with Gasteiger partial charge in [-0.15, -0.1) is 0 Å². The van der Waals surface area contributed by atoms with Gasteiger partial charge < -0.3 is 0 Å². The zero-order chi connectivity index (χ0) is 15.9. The van der Waals surface area contributed by atoms with Gasteiger partial charge in [-0.05, 0) is 17.7 Å². The molecule has 0 radical (unpaired) electrons. The fourth-order valence-electron chi connectivity index (χ4n) is 2.41. The van der Waals surface area contributed by atoms with Crippen LogP contribution in [-0.2, 0) is 6.54 Å². The number of hydrogen-bond acceptors (Lipinski definition) is 4. The molecule has 2 aromatic rings. The standard InChI is InChI=1S/C15H9BrN2O4/c16-11-6-2-1-4-9(11)8-17-14(19)10-5-3-7-12(18(21)22)13(10)15(17)20/h1-7H,8H2. The van der Waals surface area contributed by atoms with Gasteiger partial charge in [-0.2, -0.15) is 0 Å². The van der Waals surface area contributed by atoms with Gasteiger partial charge in [0.2, 0.25) is 0 Å². The van der Waals surface area contributed by atoms with Gasteiger partial charge in [-0.25, -0.2) is 0 Å². The Morgan fingerprint density at radius 2 is 1.77 bits per heavy atom. The average molecular weight is 361 g/mol. The van der Waals surface area contributed by atoms with E-state index >= 15 is 0 Å². The number of hydrogen-bond donors (Lipinski definition) is 0. The lowest BCUT2D eigenvalue weighted by atomic mass is 10.1. The van der Waals surface area contributed by atoms with Gasteiger partial charge in [-0.3, -0.25) is 24.6 Å². The highest BCUT2D eigenvalue weighted by Gasteiger charge is 2.40. The summed E-state index contributed by atoms with van der Waals surface area (Å²) in [7, 11) is 0. The van der Waals surface area contributed by atoms with Crippen molar-refractivity contribution in [3.63, 3.8) is 0 Å². The number of nitro groups is 1. The molecule has 1 heterocycles. The van der Waals surface area contributed by atoms with Crippen LogP contribution in [0.15, 0.2) is 46.9 Å². The van der Waals surface area contributed by atoms with Crippen molar-refractivity contribution < 1.29 is 14.5 Å². The summed E-state index contributed by atoms with van der Waals surface area (Å²) < 4.78 is 0.765. The highest BCUT2D eigenvalue weighted by Crippen LogP contribution is 2.32. The highest BCUT2D eigenvalue weighted by atomic mass is 79.9. The number of halogens is 1. The first-order chi connectivity index (χ1) is 10.5. The molecule has 0 atom stereocenters. The van der Waals surface area contributed by atoms with Crippen LogP contribution in [0.4, 0.5) is 5.69 Å². The summed E-state index contributed by atoms with van der Waals surface area (Å²) in [6, 6.07) is 11.3. The third-order valence-corrected chi connectivity index (χ3v) is 4.23. The van der Waals surface area contributed by atoms with Crippen molar-refractivity contribution in [1.29, 1.82) is 0 Å². The molecule has 0 spiro atoms. The van der Waals surface area contributed by atoms with Crippen LogP contribution < -0.4 is 0 Å². The maximum atomic E-state index is 12.4. The number of carbonyl (C=O) groups is 2. The summed E-state index contributed by atoms with van der Waals surface area (Å²) in [5.41, 5.74) is 0.348. The predicted molar refractivity (Wildman–Crippen MR) is 81.4 cm³/mol. The molecule has 110 valence electrons. The van der Waals surface area contributed by atoms with E-state index in [9.17, 15) is 19.7 Å². The van der Waals surface area contributed by atoms with Crippen LogP contribution in [0, 0.1) is 10.1 Å². The van der Waals surface area contributed by atoms with E-state index in [1.54, 1.807) is 18.2 Å². The SMILES string of the molecule is O=C1c2cccc([N+](=O)[O-])c2C(=O)N1Cc1ccccc1Br. The van der Waals surface area contributed by atoms with E-state index in [0.29, 0.717) is 0 Å². The lowest BCUT2D eigenvalue weighted by molar-refractivity contribution is -0.385. The van der Waals surface area contributed by atoms with Crippen LogP contribution in [0.3, 0.4) is 0 Å². The number of rotatable bonds is 3. The van der Waals surface area contributed by atoms with E-state index < -0.39 is 16.7 Å². The first-order valence-electron chi connectivity index (χ1n) is 6.37. The maximum Gasteiger partial charge on any atom is 0.282 e. The molecule has 1 aliphatic rings. The zero-order valence-electron chi connectivity index (χ0n) is 11.2. The first kappa shape index (κ1) is 14.4.